The summed E-state index contributed by atoms with van der Waals surface area (Å²) in [5.74, 6) is 0.318. The highest BCUT2D eigenvalue weighted by Gasteiger charge is 2.38. The maximum atomic E-state index is 12.9. The molecule has 0 radical (unpaired) electrons. The molecular weight excluding hydrogens is 292 g/mol. The van der Waals surface area contributed by atoms with Crippen molar-refractivity contribution in [2.75, 3.05) is 19.6 Å². The molecule has 0 aromatic carbocycles. The number of piperidine rings is 1. The summed E-state index contributed by atoms with van der Waals surface area (Å²) in [5, 5.41) is 11.7. The smallest absolute Gasteiger partial charge is 0.282 e. The Bertz CT molecular complexity index is 474. The first-order chi connectivity index (χ1) is 9.95. The molecule has 0 amide bonds. The molecule has 3 N–H and O–H groups in total. The van der Waals surface area contributed by atoms with Crippen molar-refractivity contribution in [3.8, 4) is 0 Å². The maximum Gasteiger partial charge on any atom is 0.282 e. The molecule has 1 aliphatic heterocycles. The fourth-order valence-corrected chi connectivity index (χ4v) is 5.27. The zero-order chi connectivity index (χ0) is 15.5. The highest BCUT2D eigenvalue weighted by Crippen LogP contribution is 2.28. The lowest BCUT2D eigenvalue weighted by Crippen LogP contribution is -2.52. The SMILES string of the molecule is CC1CCCN(S(=O)(=O)N(CC(N)=NO)C2CCCC2)C1. The summed E-state index contributed by atoms with van der Waals surface area (Å²) in [6, 6.07) is -0.0347. The van der Waals surface area contributed by atoms with Crippen molar-refractivity contribution in [2.24, 2.45) is 16.8 Å². The molecule has 1 saturated carbocycles. The van der Waals surface area contributed by atoms with Gasteiger partial charge in [-0.25, -0.2) is 0 Å². The van der Waals surface area contributed by atoms with E-state index in [4.69, 9.17) is 10.9 Å². The number of hydrogen-bond donors (Lipinski definition) is 2. The molecule has 0 bridgehead atoms. The van der Waals surface area contributed by atoms with Crippen molar-refractivity contribution in [1.82, 2.24) is 8.61 Å². The van der Waals surface area contributed by atoms with Gasteiger partial charge in [-0.3, -0.25) is 0 Å². The van der Waals surface area contributed by atoms with Crippen LogP contribution in [0.15, 0.2) is 5.16 Å². The Morgan fingerprint density at radius 1 is 1.33 bits per heavy atom. The molecule has 1 atom stereocenters. The third kappa shape index (κ3) is 3.87. The van der Waals surface area contributed by atoms with E-state index in [1.54, 1.807) is 4.31 Å². The van der Waals surface area contributed by atoms with Crippen LogP contribution in [0.25, 0.3) is 0 Å². The van der Waals surface area contributed by atoms with Crippen molar-refractivity contribution in [3.63, 3.8) is 0 Å². The molecule has 1 saturated heterocycles. The van der Waals surface area contributed by atoms with Gasteiger partial charge in [-0.15, -0.1) is 0 Å². The van der Waals surface area contributed by atoms with Crippen LogP contribution in [0.5, 0.6) is 0 Å². The van der Waals surface area contributed by atoms with Crippen molar-refractivity contribution >= 4 is 16.0 Å². The van der Waals surface area contributed by atoms with Gasteiger partial charge in [0.25, 0.3) is 10.2 Å². The van der Waals surface area contributed by atoms with Gasteiger partial charge in [0.2, 0.25) is 0 Å². The first kappa shape index (κ1) is 16.5. The molecule has 0 aromatic rings. The molecule has 0 spiro atoms. The number of amidine groups is 1. The number of oxime groups is 1. The Balaban J connectivity index is 2.20. The summed E-state index contributed by atoms with van der Waals surface area (Å²) in [7, 11) is -3.55. The Labute approximate surface area is 127 Å². The Kier molecular flexibility index (Phi) is 5.45. The maximum absolute atomic E-state index is 12.9. The van der Waals surface area contributed by atoms with Crippen LogP contribution in [0.2, 0.25) is 0 Å². The van der Waals surface area contributed by atoms with Crippen LogP contribution >= 0.6 is 0 Å². The van der Waals surface area contributed by atoms with E-state index >= 15 is 0 Å². The highest BCUT2D eigenvalue weighted by atomic mass is 32.2. The lowest BCUT2D eigenvalue weighted by molar-refractivity contribution is 0.246. The fourth-order valence-electron chi connectivity index (χ4n) is 3.29. The number of nitrogens with zero attached hydrogens (tertiary/aromatic N) is 3. The van der Waals surface area contributed by atoms with Crippen LogP contribution in [0.1, 0.15) is 45.4 Å². The zero-order valence-corrected chi connectivity index (χ0v) is 13.4. The van der Waals surface area contributed by atoms with Gasteiger partial charge in [0.15, 0.2) is 5.84 Å². The van der Waals surface area contributed by atoms with E-state index in [2.05, 4.69) is 12.1 Å². The zero-order valence-electron chi connectivity index (χ0n) is 12.6. The molecular formula is C13H26N4O3S. The average molecular weight is 318 g/mol. The highest BCUT2D eigenvalue weighted by molar-refractivity contribution is 7.86. The summed E-state index contributed by atoms with van der Waals surface area (Å²) in [6.45, 7) is 3.16. The predicted octanol–water partition coefficient (Wildman–Crippen LogP) is 0.954. The van der Waals surface area contributed by atoms with Gasteiger partial charge < -0.3 is 10.9 Å². The third-order valence-corrected chi connectivity index (χ3v) is 6.42. The monoisotopic (exact) mass is 318 g/mol. The van der Waals surface area contributed by atoms with E-state index in [0.717, 1.165) is 38.5 Å². The molecule has 7 nitrogen and oxygen atoms in total. The van der Waals surface area contributed by atoms with Gasteiger partial charge in [0, 0.05) is 19.1 Å². The Hall–Kier alpha value is -0.860. The number of rotatable bonds is 5. The van der Waals surface area contributed by atoms with Crippen molar-refractivity contribution in [3.05, 3.63) is 0 Å². The van der Waals surface area contributed by atoms with Crippen LogP contribution in [0.4, 0.5) is 0 Å². The second-order valence-electron chi connectivity index (χ2n) is 6.19. The Morgan fingerprint density at radius 3 is 2.57 bits per heavy atom. The molecule has 122 valence electrons. The summed E-state index contributed by atoms with van der Waals surface area (Å²) in [5.41, 5.74) is 5.57. The topological polar surface area (TPSA) is 99.2 Å². The van der Waals surface area contributed by atoms with Crippen LogP contribution in [-0.4, -0.2) is 53.7 Å². The first-order valence-corrected chi connectivity index (χ1v) is 9.08. The molecule has 8 heteroatoms. The normalized spacial score (nSPS) is 26.6. The third-order valence-electron chi connectivity index (χ3n) is 4.42. The fraction of sp³-hybridized carbons (Fsp3) is 0.923. The van der Waals surface area contributed by atoms with Gasteiger partial charge in [-0.05, 0) is 31.6 Å². The summed E-state index contributed by atoms with van der Waals surface area (Å²) >= 11 is 0. The molecule has 21 heavy (non-hydrogen) atoms. The Morgan fingerprint density at radius 2 is 2.00 bits per heavy atom. The van der Waals surface area contributed by atoms with Crippen molar-refractivity contribution in [1.29, 1.82) is 0 Å². The molecule has 2 rings (SSSR count). The van der Waals surface area contributed by atoms with Gasteiger partial charge >= 0.3 is 0 Å². The van der Waals surface area contributed by atoms with E-state index in [1.807, 2.05) is 0 Å². The van der Waals surface area contributed by atoms with Crippen LogP contribution in [0, 0.1) is 5.92 Å². The van der Waals surface area contributed by atoms with Gasteiger partial charge in [-0.2, -0.15) is 17.0 Å². The van der Waals surface area contributed by atoms with Crippen LogP contribution in [0.3, 0.4) is 0 Å². The number of nitrogens with two attached hydrogens (primary N) is 1. The lowest BCUT2D eigenvalue weighted by Gasteiger charge is -2.36. The van der Waals surface area contributed by atoms with E-state index < -0.39 is 10.2 Å². The summed E-state index contributed by atoms with van der Waals surface area (Å²) < 4.78 is 28.9. The van der Waals surface area contributed by atoms with E-state index in [9.17, 15) is 8.42 Å². The molecule has 1 unspecified atom stereocenters. The quantitative estimate of drug-likeness (QED) is 0.341. The second kappa shape index (κ2) is 6.93. The van der Waals surface area contributed by atoms with Gasteiger partial charge in [-0.1, -0.05) is 24.9 Å². The van der Waals surface area contributed by atoms with E-state index in [1.165, 1.54) is 4.31 Å². The minimum absolute atomic E-state index is 0.0334. The van der Waals surface area contributed by atoms with Crippen molar-refractivity contribution < 1.29 is 13.6 Å². The predicted molar refractivity (Wildman–Crippen MR) is 81.3 cm³/mol. The first-order valence-electron chi connectivity index (χ1n) is 7.68. The van der Waals surface area contributed by atoms with Crippen LogP contribution < -0.4 is 5.73 Å². The number of hydrogen-bond acceptors (Lipinski definition) is 4. The minimum atomic E-state index is -3.55. The van der Waals surface area contributed by atoms with Gasteiger partial charge in [0.05, 0.1) is 6.54 Å². The van der Waals surface area contributed by atoms with E-state index in [0.29, 0.717) is 19.0 Å². The molecule has 1 aliphatic carbocycles. The largest absolute Gasteiger partial charge is 0.409 e. The van der Waals surface area contributed by atoms with E-state index in [-0.39, 0.29) is 18.4 Å². The summed E-state index contributed by atoms with van der Waals surface area (Å²) in [4.78, 5) is 0. The van der Waals surface area contributed by atoms with Crippen LogP contribution in [-0.2, 0) is 10.2 Å². The summed E-state index contributed by atoms with van der Waals surface area (Å²) in [6.07, 6.45) is 5.72. The standard InChI is InChI=1S/C13H26N4O3S/c1-11-5-4-8-16(9-11)21(19,20)17(10-13(14)15-18)12-6-2-3-7-12/h11-12,18H,2-10H2,1H3,(H2,14,15). The molecule has 1 heterocycles. The minimum Gasteiger partial charge on any atom is -0.409 e. The molecule has 0 aromatic heterocycles. The molecule has 2 fully saturated rings. The molecule has 2 aliphatic rings. The lowest BCUT2D eigenvalue weighted by atomic mass is 10.0. The van der Waals surface area contributed by atoms with Crippen molar-refractivity contribution in [2.45, 2.75) is 51.5 Å². The second-order valence-corrected chi connectivity index (χ2v) is 8.07. The average Bonchev–Trinajstić information content (AvgIpc) is 2.98. The van der Waals surface area contributed by atoms with Gasteiger partial charge in [0.1, 0.15) is 0 Å².